The summed E-state index contributed by atoms with van der Waals surface area (Å²) in [4.78, 5) is 36.2. The number of nitrogen functional groups attached to an aromatic ring is 1. The molecule has 2 aliphatic rings. The van der Waals surface area contributed by atoms with E-state index >= 15 is 0 Å². The van der Waals surface area contributed by atoms with Gasteiger partial charge in [0, 0.05) is 0 Å². The SMILES string of the molecule is N#Cc1nc(N)c2ncn([C@@H]3O[C@H](CO[N+](=O)[O-])[C@H]4OP(=O)(O)O[C@H]43)c2n1. The number of imidazole rings is 1. The summed E-state index contributed by atoms with van der Waals surface area (Å²) in [6, 6.07) is 1.75. The first-order chi connectivity index (χ1) is 12.8. The number of fused-ring (bicyclic) bond motifs is 2. The van der Waals surface area contributed by atoms with Gasteiger partial charge < -0.3 is 20.2 Å². The van der Waals surface area contributed by atoms with E-state index in [1.165, 1.54) is 10.9 Å². The number of aromatic nitrogens is 4. The number of hydrogen-bond donors (Lipinski definition) is 2. The molecule has 15 nitrogen and oxygen atoms in total. The molecule has 0 aliphatic carbocycles. The lowest BCUT2D eigenvalue weighted by molar-refractivity contribution is -0.759. The van der Waals surface area contributed by atoms with Gasteiger partial charge in [0.15, 0.2) is 17.7 Å². The van der Waals surface area contributed by atoms with Gasteiger partial charge in [-0.05, 0) is 0 Å². The summed E-state index contributed by atoms with van der Waals surface area (Å²) in [6.45, 7) is -0.554. The standard InChI is InChI=1S/C11H10N7O8P/c12-1-5-15-9(13)6-10(16-5)17(3-14-6)11-8-7(25-27(21,22)26-8)4(24-11)2-23-18(19)20/h3-4,7-8,11H,2H2,(H,21,22)(H2,13,15,16)/t4-,7-,8-,11-/m1/s1. The van der Waals surface area contributed by atoms with Crippen LogP contribution in [0.15, 0.2) is 6.33 Å². The van der Waals surface area contributed by atoms with Crippen LogP contribution < -0.4 is 5.73 Å². The van der Waals surface area contributed by atoms with E-state index in [-0.39, 0.29) is 22.8 Å². The van der Waals surface area contributed by atoms with E-state index in [0.717, 1.165) is 0 Å². The number of phosphoric ester groups is 1. The Bertz CT molecular complexity index is 1020. The minimum atomic E-state index is -4.38. The third-order valence-corrected chi connectivity index (χ3v) is 4.98. The first-order valence-corrected chi connectivity index (χ1v) is 8.81. The maximum atomic E-state index is 11.8. The quantitative estimate of drug-likeness (QED) is 0.369. The Morgan fingerprint density at radius 3 is 2.93 bits per heavy atom. The second-order valence-electron chi connectivity index (χ2n) is 5.56. The number of nitriles is 1. The molecule has 3 N–H and O–H groups in total. The van der Waals surface area contributed by atoms with Gasteiger partial charge >= 0.3 is 7.82 Å². The van der Waals surface area contributed by atoms with Crippen molar-refractivity contribution >= 4 is 24.8 Å². The van der Waals surface area contributed by atoms with E-state index in [2.05, 4.69) is 19.8 Å². The first-order valence-electron chi connectivity index (χ1n) is 7.31. The summed E-state index contributed by atoms with van der Waals surface area (Å²) in [5, 5.41) is 18.4. The Morgan fingerprint density at radius 1 is 1.48 bits per heavy atom. The molecule has 0 amide bonds. The van der Waals surface area contributed by atoms with E-state index in [4.69, 9.17) is 24.8 Å². The van der Waals surface area contributed by atoms with Crippen LogP contribution in [0.2, 0.25) is 0 Å². The average molecular weight is 399 g/mol. The van der Waals surface area contributed by atoms with Gasteiger partial charge in [0.25, 0.3) is 5.09 Å². The highest BCUT2D eigenvalue weighted by atomic mass is 31.2. The number of nitrogens with two attached hydrogens (primary N) is 1. The van der Waals surface area contributed by atoms with Crippen molar-refractivity contribution < 1.29 is 33.2 Å². The highest BCUT2D eigenvalue weighted by Gasteiger charge is 2.58. The number of rotatable bonds is 4. The average Bonchev–Trinajstić information content (AvgIpc) is 3.24. The maximum absolute atomic E-state index is 11.8. The van der Waals surface area contributed by atoms with E-state index in [0.29, 0.717) is 0 Å². The number of nitrogens with zero attached hydrogens (tertiary/aromatic N) is 6. The highest BCUT2D eigenvalue weighted by Crippen LogP contribution is 2.58. The Balaban J connectivity index is 1.74. The summed E-state index contributed by atoms with van der Waals surface area (Å²) >= 11 is 0. The topological polar surface area (TPSA) is 211 Å². The van der Waals surface area contributed by atoms with Crippen molar-refractivity contribution in [3.8, 4) is 6.07 Å². The fraction of sp³-hybridized carbons (Fsp3) is 0.455. The van der Waals surface area contributed by atoms with Gasteiger partial charge in [-0.3, -0.25) is 13.6 Å². The molecule has 4 heterocycles. The molecule has 2 aromatic rings. The molecule has 2 saturated heterocycles. The van der Waals surface area contributed by atoms with Crippen molar-refractivity contribution in [2.24, 2.45) is 0 Å². The molecule has 0 aromatic carbocycles. The number of hydrogen-bond acceptors (Lipinski definition) is 12. The van der Waals surface area contributed by atoms with Gasteiger partial charge in [-0.25, -0.2) is 9.55 Å². The monoisotopic (exact) mass is 399 g/mol. The molecule has 0 saturated carbocycles. The molecule has 2 aliphatic heterocycles. The molecule has 142 valence electrons. The van der Waals surface area contributed by atoms with Crippen molar-refractivity contribution in [1.29, 1.82) is 5.26 Å². The van der Waals surface area contributed by atoms with E-state index < -0.39 is 44.1 Å². The van der Waals surface area contributed by atoms with Gasteiger partial charge in [0.1, 0.15) is 36.5 Å². The lowest BCUT2D eigenvalue weighted by Gasteiger charge is -2.19. The van der Waals surface area contributed by atoms with Crippen LogP contribution in [0.25, 0.3) is 11.2 Å². The minimum Gasteiger partial charge on any atom is -0.382 e. The van der Waals surface area contributed by atoms with Gasteiger partial charge in [0.2, 0.25) is 5.82 Å². The predicted molar refractivity (Wildman–Crippen MR) is 80.9 cm³/mol. The Morgan fingerprint density at radius 2 is 2.22 bits per heavy atom. The Kier molecular flexibility index (Phi) is 3.94. The first kappa shape index (κ1) is 17.5. The molecule has 1 unspecified atom stereocenters. The molecule has 2 aromatic heterocycles. The molecule has 0 spiro atoms. The van der Waals surface area contributed by atoms with Crippen LogP contribution in [0.5, 0.6) is 0 Å². The zero-order chi connectivity index (χ0) is 19.3. The van der Waals surface area contributed by atoms with Gasteiger partial charge in [0.05, 0.1) is 6.33 Å². The largest absolute Gasteiger partial charge is 0.473 e. The summed E-state index contributed by atoms with van der Waals surface area (Å²) < 4.78 is 28.8. The lowest BCUT2D eigenvalue weighted by Crippen LogP contribution is -2.32. The number of phosphoric acid groups is 1. The van der Waals surface area contributed by atoms with Crippen molar-refractivity contribution in [3.63, 3.8) is 0 Å². The molecular formula is C11H10N7O8P. The van der Waals surface area contributed by atoms with Gasteiger partial charge in [-0.15, -0.1) is 10.1 Å². The molecular weight excluding hydrogens is 389 g/mol. The second kappa shape index (κ2) is 6.08. The van der Waals surface area contributed by atoms with Crippen molar-refractivity contribution in [2.45, 2.75) is 24.5 Å². The number of anilines is 1. The molecule has 0 bridgehead atoms. The van der Waals surface area contributed by atoms with Crippen LogP contribution in [0.4, 0.5) is 5.82 Å². The van der Waals surface area contributed by atoms with E-state index in [1.807, 2.05) is 0 Å². The summed E-state index contributed by atoms with van der Waals surface area (Å²) in [6.07, 6.45) is -3.14. The maximum Gasteiger partial charge on any atom is 0.473 e. The molecule has 2 fully saturated rings. The third-order valence-electron chi connectivity index (χ3n) is 3.96. The predicted octanol–water partition coefficient (Wildman–Crippen LogP) is -0.730. The van der Waals surface area contributed by atoms with Crippen molar-refractivity contribution in [1.82, 2.24) is 19.5 Å². The third kappa shape index (κ3) is 2.95. The second-order valence-corrected chi connectivity index (χ2v) is 6.92. The molecule has 5 atom stereocenters. The van der Waals surface area contributed by atoms with Crippen molar-refractivity contribution in [2.75, 3.05) is 12.3 Å². The van der Waals surface area contributed by atoms with Crippen LogP contribution in [0.1, 0.15) is 12.1 Å². The van der Waals surface area contributed by atoms with Crippen molar-refractivity contribution in [3.05, 3.63) is 22.3 Å². The summed E-state index contributed by atoms with van der Waals surface area (Å²) in [7, 11) is -4.38. The van der Waals surface area contributed by atoms with Crippen LogP contribution in [0.3, 0.4) is 0 Å². The highest BCUT2D eigenvalue weighted by molar-refractivity contribution is 7.47. The molecule has 4 rings (SSSR count). The Labute approximate surface area is 149 Å². The number of ether oxygens (including phenoxy) is 1. The molecule has 16 heteroatoms. The van der Waals surface area contributed by atoms with Crippen LogP contribution in [0, 0.1) is 21.4 Å². The molecule has 27 heavy (non-hydrogen) atoms. The fourth-order valence-electron chi connectivity index (χ4n) is 2.95. The lowest BCUT2D eigenvalue weighted by atomic mass is 10.1. The summed E-state index contributed by atoms with van der Waals surface area (Å²) in [5.41, 5.74) is 6.03. The summed E-state index contributed by atoms with van der Waals surface area (Å²) in [5.74, 6) is -0.268. The van der Waals surface area contributed by atoms with Crippen LogP contribution >= 0.6 is 7.82 Å². The van der Waals surface area contributed by atoms with Gasteiger partial charge in [-0.2, -0.15) is 15.2 Å². The smallest absolute Gasteiger partial charge is 0.382 e. The zero-order valence-electron chi connectivity index (χ0n) is 13.1. The zero-order valence-corrected chi connectivity index (χ0v) is 14.0. The van der Waals surface area contributed by atoms with E-state index in [1.54, 1.807) is 6.07 Å². The van der Waals surface area contributed by atoms with E-state index in [9.17, 15) is 19.6 Å². The van der Waals surface area contributed by atoms with Gasteiger partial charge in [-0.1, -0.05) is 0 Å². The normalized spacial score (nSPS) is 32.3. The van der Waals surface area contributed by atoms with Crippen LogP contribution in [-0.4, -0.2) is 54.4 Å². The Hall–Kier alpha value is -2.89. The van der Waals surface area contributed by atoms with Crippen LogP contribution in [-0.2, 0) is 23.2 Å². The minimum absolute atomic E-state index is 0.0468. The molecule has 0 radical (unpaired) electrons. The fourth-order valence-corrected chi connectivity index (χ4v) is 4.09.